The molecule has 2 N–H and O–H groups in total. The van der Waals surface area contributed by atoms with Crippen LogP contribution in [0.15, 0.2) is 11.8 Å². The first kappa shape index (κ1) is 19.3. The predicted octanol–water partition coefficient (Wildman–Crippen LogP) is 2.88. The molecule has 6 heteroatoms. The summed E-state index contributed by atoms with van der Waals surface area (Å²) in [5.74, 6) is -0.126. The van der Waals surface area contributed by atoms with E-state index in [0.29, 0.717) is 31.6 Å². The molecule has 23 heavy (non-hydrogen) atoms. The number of amides is 2. The molecule has 0 aliphatic carbocycles. The fourth-order valence-electron chi connectivity index (χ4n) is 2.33. The molecule has 1 heterocycles. The van der Waals surface area contributed by atoms with Crippen LogP contribution in [0.1, 0.15) is 60.3 Å². The summed E-state index contributed by atoms with van der Waals surface area (Å²) in [7, 11) is 0. The Morgan fingerprint density at radius 3 is 2.39 bits per heavy atom. The third kappa shape index (κ3) is 6.50. The lowest BCUT2D eigenvalue weighted by Gasteiger charge is -2.34. The van der Waals surface area contributed by atoms with Gasteiger partial charge in [0, 0.05) is 6.54 Å². The Morgan fingerprint density at radius 1 is 1.26 bits per heavy atom. The zero-order valence-electron chi connectivity index (χ0n) is 15.0. The summed E-state index contributed by atoms with van der Waals surface area (Å²) in [4.78, 5) is 24.2. The van der Waals surface area contributed by atoms with Crippen LogP contribution in [-0.2, 0) is 14.3 Å². The number of ether oxygens (including phenoxy) is 2. The Morgan fingerprint density at radius 2 is 1.91 bits per heavy atom. The van der Waals surface area contributed by atoms with Crippen molar-refractivity contribution in [1.29, 1.82) is 0 Å². The van der Waals surface area contributed by atoms with Crippen LogP contribution in [0.3, 0.4) is 0 Å². The number of hydrogen-bond donors (Lipinski definition) is 2. The predicted molar refractivity (Wildman–Crippen MR) is 89.0 cm³/mol. The third-order valence-corrected chi connectivity index (χ3v) is 3.93. The number of rotatable bonds is 6. The SMILES string of the molecule is CCC(CC)(CNC(=O)OC(C)(C)C)NC(=O)C1=COCCC1. The minimum atomic E-state index is -0.543. The highest BCUT2D eigenvalue weighted by Crippen LogP contribution is 2.18. The van der Waals surface area contributed by atoms with E-state index in [2.05, 4.69) is 10.6 Å². The molecule has 0 saturated heterocycles. The van der Waals surface area contributed by atoms with Gasteiger partial charge in [0.2, 0.25) is 0 Å². The van der Waals surface area contributed by atoms with Gasteiger partial charge in [-0.3, -0.25) is 4.79 Å². The molecule has 1 aliphatic rings. The van der Waals surface area contributed by atoms with Crippen LogP contribution >= 0.6 is 0 Å². The zero-order valence-corrected chi connectivity index (χ0v) is 15.0. The quantitative estimate of drug-likeness (QED) is 0.787. The van der Waals surface area contributed by atoms with E-state index in [4.69, 9.17) is 9.47 Å². The lowest BCUT2D eigenvalue weighted by molar-refractivity contribution is -0.120. The molecule has 0 atom stereocenters. The maximum absolute atomic E-state index is 12.4. The zero-order chi connectivity index (χ0) is 17.5. The standard InChI is InChI=1S/C17H30N2O4/c1-6-17(7-2,12-18-15(21)23-16(3,4)5)19-14(20)13-9-8-10-22-11-13/h11H,6-10,12H2,1-5H3,(H,18,21)(H,19,20). The Bertz CT molecular complexity index is 448. The van der Waals surface area contributed by atoms with Gasteiger partial charge in [-0.15, -0.1) is 0 Å². The second-order valence-corrected chi connectivity index (χ2v) is 6.91. The Hall–Kier alpha value is -1.72. The molecular formula is C17H30N2O4. The van der Waals surface area contributed by atoms with Gasteiger partial charge in [0.05, 0.1) is 24.0 Å². The fourth-order valence-corrected chi connectivity index (χ4v) is 2.33. The molecule has 0 aromatic rings. The molecule has 1 aliphatic heterocycles. The van der Waals surface area contributed by atoms with Gasteiger partial charge < -0.3 is 20.1 Å². The van der Waals surface area contributed by atoms with Crippen molar-refractivity contribution in [2.45, 2.75) is 71.4 Å². The number of carbonyl (C=O) groups excluding carboxylic acids is 2. The summed E-state index contributed by atoms with van der Waals surface area (Å²) in [6.07, 6.45) is 4.04. The first-order valence-corrected chi connectivity index (χ1v) is 8.31. The van der Waals surface area contributed by atoms with E-state index in [1.165, 1.54) is 6.26 Å². The minimum Gasteiger partial charge on any atom is -0.501 e. The lowest BCUT2D eigenvalue weighted by Crippen LogP contribution is -2.55. The highest BCUT2D eigenvalue weighted by Gasteiger charge is 2.31. The van der Waals surface area contributed by atoms with Crippen LogP contribution in [0.5, 0.6) is 0 Å². The number of hydrogen-bond acceptors (Lipinski definition) is 4. The van der Waals surface area contributed by atoms with Crippen LogP contribution in [0.25, 0.3) is 0 Å². The summed E-state index contributed by atoms with van der Waals surface area (Å²) in [6.45, 7) is 10.4. The van der Waals surface area contributed by atoms with Crippen molar-refractivity contribution >= 4 is 12.0 Å². The minimum absolute atomic E-state index is 0.126. The van der Waals surface area contributed by atoms with Crippen LogP contribution in [0.2, 0.25) is 0 Å². The molecule has 0 aromatic carbocycles. The first-order chi connectivity index (χ1) is 10.7. The van der Waals surface area contributed by atoms with Crippen LogP contribution in [0, 0.1) is 0 Å². The van der Waals surface area contributed by atoms with Crippen molar-refractivity contribution < 1.29 is 19.1 Å². The van der Waals surface area contributed by atoms with E-state index >= 15 is 0 Å². The fraction of sp³-hybridized carbons (Fsp3) is 0.765. The summed E-state index contributed by atoms with van der Waals surface area (Å²) >= 11 is 0. The molecule has 6 nitrogen and oxygen atoms in total. The second kappa shape index (κ2) is 8.22. The van der Waals surface area contributed by atoms with Gasteiger partial charge in [0.25, 0.3) is 5.91 Å². The first-order valence-electron chi connectivity index (χ1n) is 8.31. The number of nitrogens with one attached hydrogen (secondary N) is 2. The van der Waals surface area contributed by atoms with Gasteiger partial charge in [0.1, 0.15) is 5.60 Å². The maximum Gasteiger partial charge on any atom is 0.407 e. The molecule has 0 radical (unpaired) electrons. The van der Waals surface area contributed by atoms with E-state index in [1.807, 2.05) is 34.6 Å². The normalized spacial score (nSPS) is 15.3. The average molecular weight is 326 g/mol. The summed E-state index contributed by atoms with van der Waals surface area (Å²) in [5.41, 5.74) is -0.384. The molecule has 0 spiro atoms. The smallest absolute Gasteiger partial charge is 0.407 e. The van der Waals surface area contributed by atoms with E-state index < -0.39 is 17.2 Å². The van der Waals surface area contributed by atoms with Crippen molar-refractivity contribution in [3.8, 4) is 0 Å². The van der Waals surface area contributed by atoms with E-state index in [1.54, 1.807) is 0 Å². The van der Waals surface area contributed by atoms with E-state index in [-0.39, 0.29) is 5.91 Å². The maximum atomic E-state index is 12.4. The molecule has 0 unspecified atom stereocenters. The molecular weight excluding hydrogens is 296 g/mol. The van der Waals surface area contributed by atoms with E-state index in [0.717, 1.165) is 12.8 Å². The third-order valence-electron chi connectivity index (χ3n) is 3.93. The Kier molecular flexibility index (Phi) is 6.91. The molecule has 0 saturated carbocycles. The largest absolute Gasteiger partial charge is 0.501 e. The van der Waals surface area contributed by atoms with Crippen molar-refractivity contribution in [2.24, 2.45) is 0 Å². The molecule has 0 aromatic heterocycles. The molecule has 0 fully saturated rings. The lowest BCUT2D eigenvalue weighted by atomic mass is 9.91. The van der Waals surface area contributed by atoms with Crippen molar-refractivity contribution in [3.05, 3.63) is 11.8 Å². The molecule has 1 rings (SSSR count). The van der Waals surface area contributed by atoms with Gasteiger partial charge in [-0.1, -0.05) is 13.8 Å². The second-order valence-electron chi connectivity index (χ2n) is 6.91. The van der Waals surface area contributed by atoms with Gasteiger partial charge in [-0.2, -0.15) is 0 Å². The molecule has 2 amide bonds. The highest BCUT2D eigenvalue weighted by atomic mass is 16.6. The van der Waals surface area contributed by atoms with E-state index in [9.17, 15) is 9.59 Å². The topological polar surface area (TPSA) is 76.7 Å². The van der Waals surface area contributed by atoms with Gasteiger partial charge in [0.15, 0.2) is 0 Å². The van der Waals surface area contributed by atoms with Crippen LogP contribution < -0.4 is 10.6 Å². The monoisotopic (exact) mass is 326 g/mol. The van der Waals surface area contributed by atoms with Crippen LogP contribution in [0.4, 0.5) is 4.79 Å². The molecule has 132 valence electrons. The number of carbonyl (C=O) groups is 2. The van der Waals surface area contributed by atoms with Gasteiger partial charge in [-0.05, 0) is 46.5 Å². The highest BCUT2D eigenvalue weighted by molar-refractivity contribution is 5.93. The summed E-state index contributed by atoms with van der Waals surface area (Å²) in [6, 6.07) is 0. The number of alkyl carbamates (subject to hydrolysis) is 1. The Labute approximate surface area is 139 Å². The van der Waals surface area contributed by atoms with Crippen molar-refractivity contribution in [1.82, 2.24) is 10.6 Å². The summed E-state index contributed by atoms with van der Waals surface area (Å²) in [5, 5.41) is 5.82. The van der Waals surface area contributed by atoms with Gasteiger partial charge in [-0.25, -0.2) is 4.79 Å². The summed E-state index contributed by atoms with van der Waals surface area (Å²) < 4.78 is 10.5. The van der Waals surface area contributed by atoms with Crippen molar-refractivity contribution in [3.63, 3.8) is 0 Å². The Balaban J connectivity index is 2.65. The van der Waals surface area contributed by atoms with Crippen molar-refractivity contribution in [2.75, 3.05) is 13.2 Å². The van der Waals surface area contributed by atoms with Gasteiger partial charge >= 0.3 is 6.09 Å². The average Bonchev–Trinajstić information content (AvgIpc) is 2.50. The van der Waals surface area contributed by atoms with Crippen LogP contribution in [-0.4, -0.2) is 36.3 Å². The molecule has 0 bridgehead atoms.